The molecule has 0 atom stereocenters. The quantitative estimate of drug-likeness (QED) is 0.914. The number of benzene rings is 1. The topological polar surface area (TPSA) is 58.1 Å². The Kier molecular flexibility index (Phi) is 4.87. The molecule has 0 aliphatic rings. The highest BCUT2D eigenvalue weighted by molar-refractivity contribution is 7.15. The van der Waals surface area contributed by atoms with Crippen LogP contribution in [0.4, 0.5) is 23.1 Å². The Morgan fingerprint density at radius 3 is 2.64 bits per heavy atom. The summed E-state index contributed by atoms with van der Waals surface area (Å²) in [6.07, 6.45) is -4.58. The van der Waals surface area contributed by atoms with Crippen LogP contribution in [0.5, 0.6) is 0 Å². The van der Waals surface area contributed by atoms with E-state index in [1.54, 1.807) is 24.3 Å². The Hall–Kier alpha value is -1.87. The van der Waals surface area contributed by atoms with E-state index in [9.17, 15) is 18.0 Å². The summed E-state index contributed by atoms with van der Waals surface area (Å²) in [6.45, 7) is 0.205. The van der Waals surface area contributed by atoms with Gasteiger partial charge >= 0.3 is 12.2 Å². The molecule has 0 fully saturated rings. The Labute approximate surface area is 132 Å². The molecule has 2 rings (SSSR count). The molecular weight excluding hydrogens is 341 g/mol. The number of nitrogens with zero attached hydrogens (tertiary/aromatic N) is 3. The van der Waals surface area contributed by atoms with E-state index < -0.39 is 17.2 Å². The molecule has 0 saturated carbocycles. The lowest BCUT2D eigenvalue weighted by Crippen LogP contribution is -2.30. The van der Waals surface area contributed by atoms with E-state index in [1.807, 2.05) is 0 Å². The standard InChI is InChI=1S/C12H10ClF3N4OS/c1-20(6-7-4-2-3-5-8(7)13)11(21)17-10-19-18-9(22-10)12(14,15)16/h2-5H,6H2,1H3,(H,17,19,21). The third-order valence-corrected chi connectivity index (χ3v) is 3.85. The summed E-state index contributed by atoms with van der Waals surface area (Å²) in [5.41, 5.74) is 0.718. The molecule has 22 heavy (non-hydrogen) atoms. The Balaban J connectivity index is 2.00. The fourth-order valence-electron chi connectivity index (χ4n) is 1.53. The first-order chi connectivity index (χ1) is 10.3. The second-order valence-corrected chi connectivity index (χ2v) is 5.67. The van der Waals surface area contributed by atoms with Crippen LogP contribution in [0.25, 0.3) is 0 Å². The van der Waals surface area contributed by atoms with Crippen molar-refractivity contribution in [2.75, 3.05) is 12.4 Å². The van der Waals surface area contributed by atoms with Gasteiger partial charge in [-0.3, -0.25) is 5.32 Å². The van der Waals surface area contributed by atoms with E-state index in [2.05, 4.69) is 15.5 Å². The normalized spacial score (nSPS) is 11.3. The van der Waals surface area contributed by atoms with E-state index in [1.165, 1.54) is 11.9 Å². The minimum absolute atomic E-state index is 0.205. The van der Waals surface area contributed by atoms with Crippen molar-refractivity contribution in [3.05, 3.63) is 39.9 Å². The SMILES string of the molecule is CN(Cc1ccccc1Cl)C(=O)Nc1nnc(C(F)(F)F)s1. The largest absolute Gasteiger partial charge is 0.445 e. The van der Waals surface area contributed by atoms with Gasteiger partial charge in [-0.1, -0.05) is 41.1 Å². The highest BCUT2D eigenvalue weighted by Gasteiger charge is 2.35. The summed E-state index contributed by atoms with van der Waals surface area (Å²) >= 11 is 6.25. The first kappa shape index (κ1) is 16.5. The zero-order valence-corrected chi connectivity index (χ0v) is 12.8. The van der Waals surface area contributed by atoms with Crippen molar-refractivity contribution in [2.24, 2.45) is 0 Å². The van der Waals surface area contributed by atoms with Gasteiger partial charge < -0.3 is 4.90 Å². The predicted molar refractivity (Wildman–Crippen MR) is 76.8 cm³/mol. The molecule has 5 nitrogen and oxygen atoms in total. The maximum atomic E-state index is 12.4. The average Bonchev–Trinajstić information content (AvgIpc) is 2.89. The minimum Gasteiger partial charge on any atom is -0.323 e. The first-order valence-corrected chi connectivity index (χ1v) is 7.13. The highest BCUT2D eigenvalue weighted by Crippen LogP contribution is 2.33. The Morgan fingerprint density at radius 2 is 2.05 bits per heavy atom. The van der Waals surface area contributed by atoms with Crippen molar-refractivity contribution in [2.45, 2.75) is 12.7 Å². The molecule has 2 amide bonds. The number of halogens is 4. The van der Waals surface area contributed by atoms with Gasteiger partial charge in [-0.2, -0.15) is 13.2 Å². The van der Waals surface area contributed by atoms with Crippen LogP contribution in [0.15, 0.2) is 24.3 Å². The Morgan fingerprint density at radius 1 is 1.36 bits per heavy atom. The van der Waals surface area contributed by atoms with Crippen LogP contribution in [0.2, 0.25) is 5.02 Å². The van der Waals surface area contributed by atoms with E-state index in [-0.39, 0.29) is 23.0 Å². The predicted octanol–water partition coefficient (Wildman–Crippen LogP) is 3.87. The number of anilines is 1. The number of amides is 2. The molecule has 1 aromatic carbocycles. The highest BCUT2D eigenvalue weighted by atomic mass is 35.5. The summed E-state index contributed by atoms with van der Waals surface area (Å²) in [7, 11) is 1.49. The number of aromatic nitrogens is 2. The van der Waals surface area contributed by atoms with Gasteiger partial charge in [-0.15, -0.1) is 10.2 Å². The summed E-state index contributed by atoms with van der Waals surface area (Å²) in [4.78, 5) is 13.2. The Bertz CT molecular complexity index is 676. The van der Waals surface area contributed by atoms with Crippen LogP contribution in [0.3, 0.4) is 0 Å². The lowest BCUT2D eigenvalue weighted by atomic mass is 10.2. The lowest BCUT2D eigenvalue weighted by molar-refractivity contribution is -0.138. The molecule has 0 aliphatic heterocycles. The van der Waals surface area contributed by atoms with Crippen LogP contribution < -0.4 is 5.32 Å². The third-order valence-electron chi connectivity index (χ3n) is 2.59. The number of urea groups is 1. The summed E-state index contributed by atoms with van der Waals surface area (Å²) in [6, 6.07) is 6.35. The monoisotopic (exact) mass is 350 g/mol. The number of carbonyl (C=O) groups excluding carboxylic acids is 1. The second kappa shape index (κ2) is 6.49. The van der Waals surface area contributed by atoms with Crippen molar-refractivity contribution < 1.29 is 18.0 Å². The zero-order valence-electron chi connectivity index (χ0n) is 11.2. The number of hydrogen-bond donors (Lipinski definition) is 1. The molecule has 0 spiro atoms. The van der Waals surface area contributed by atoms with Crippen molar-refractivity contribution in [1.82, 2.24) is 15.1 Å². The minimum atomic E-state index is -4.58. The molecule has 118 valence electrons. The van der Waals surface area contributed by atoms with Gasteiger partial charge in [0.1, 0.15) is 0 Å². The van der Waals surface area contributed by atoms with Crippen molar-refractivity contribution in [3.63, 3.8) is 0 Å². The third kappa shape index (κ3) is 4.08. The van der Waals surface area contributed by atoms with Crippen molar-refractivity contribution in [3.8, 4) is 0 Å². The smallest absolute Gasteiger partial charge is 0.323 e. The van der Waals surface area contributed by atoms with Crippen LogP contribution in [0.1, 0.15) is 10.6 Å². The van der Waals surface area contributed by atoms with Crippen LogP contribution >= 0.6 is 22.9 Å². The molecule has 0 radical (unpaired) electrons. The van der Waals surface area contributed by atoms with Crippen LogP contribution in [0, 0.1) is 0 Å². The van der Waals surface area contributed by atoms with E-state index >= 15 is 0 Å². The lowest BCUT2D eigenvalue weighted by Gasteiger charge is -2.17. The molecule has 0 unspecified atom stereocenters. The van der Waals surface area contributed by atoms with Gasteiger partial charge in [-0.25, -0.2) is 4.79 Å². The number of nitrogens with one attached hydrogen (secondary N) is 1. The maximum absolute atomic E-state index is 12.4. The number of carbonyl (C=O) groups is 1. The fourth-order valence-corrected chi connectivity index (χ4v) is 2.33. The van der Waals surface area contributed by atoms with Gasteiger partial charge in [0.05, 0.1) is 0 Å². The molecule has 1 N–H and O–H groups in total. The first-order valence-electron chi connectivity index (χ1n) is 5.93. The van der Waals surface area contributed by atoms with Gasteiger partial charge in [0.2, 0.25) is 10.1 Å². The molecule has 0 aliphatic carbocycles. The van der Waals surface area contributed by atoms with Gasteiger partial charge in [0, 0.05) is 18.6 Å². The molecule has 10 heteroatoms. The maximum Gasteiger partial charge on any atom is 0.445 e. The second-order valence-electron chi connectivity index (χ2n) is 4.29. The van der Waals surface area contributed by atoms with Gasteiger partial charge in [0.15, 0.2) is 0 Å². The van der Waals surface area contributed by atoms with Crippen LogP contribution in [-0.4, -0.2) is 28.2 Å². The van der Waals surface area contributed by atoms with E-state index in [0.717, 1.165) is 5.56 Å². The molecule has 0 bridgehead atoms. The van der Waals surface area contributed by atoms with E-state index in [4.69, 9.17) is 11.6 Å². The van der Waals surface area contributed by atoms with Crippen molar-refractivity contribution in [1.29, 1.82) is 0 Å². The van der Waals surface area contributed by atoms with Gasteiger partial charge in [-0.05, 0) is 11.6 Å². The number of alkyl halides is 3. The molecule has 2 aromatic rings. The zero-order chi connectivity index (χ0) is 16.3. The fraction of sp³-hybridized carbons (Fsp3) is 0.250. The molecule has 0 saturated heterocycles. The molecule has 1 aromatic heterocycles. The summed E-state index contributed by atoms with van der Waals surface area (Å²) < 4.78 is 37.2. The number of rotatable bonds is 3. The number of hydrogen-bond acceptors (Lipinski definition) is 4. The molecule has 1 heterocycles. The van der Waals surface area contributed by atoms with E-state index in [0.29, 0.717) is 5.02 Å². The van der Waals surface area contributed by atoms with Crippen molar-refractivity contribution >= 4 is 34.1 Å². The van der Waals surface area contributed by atoms with Gasteiger partial charge in [0.25, 0.3) is 0 Å². The average molecular weight is 351 g/mol. The summed E-state index contributed by atoms with van der Waals surface area (Å²) in [5.74, 6) is 0. The van der Waals surface area contributed by atoms with Crippen LogP contribution in [-0.2, 0) is 12.7 Å². The molecular formula is C12H10ClF3N4OS. The summed E-state index contributed by atoms with van der Waals surface area (Å²) in [5, 5.41) is 7.71.